The van der Waals surface area contributed by atoms with Gasteiger partial charge in [0, 0.05) is 24.1 Å². The zero-order valence-electron chi connectivity index (χ0n) is 17.3. The first-order valence-corrected chi connectivity index (χ1v) is 10.8. The molecule has 1 fully saturated rings. The number of benzene rings is 1. The summed E-state index contributed by atoms with van der Waals surface area (Å²) in [5.41, 5.74) is 2.40. The number of pyridine rings is 1. The van der Waals surface area contributed by atoms with Crippen molar-refractivity contribution < 1.29 is 9.53 Å². The maximum Gasteiger partial charge on any atom is 0.253 e. The number of amides is 1. The first-order chi connectivity index (χ1) is 14.7. The molecule has 0 saturated carbocycles. The van der Waals surface area contributed by atoms with Crippen molar-refractivity contribution in [3.05, 3.63) is 59.5 Å². The summed E-state index contributed by atoms with van der Waals surface area (Å²) in [5, 5.41) is 7.85. The number of hydrogen-bond acceptors (Lipinski definition) is 5. The van der Waals surface area contributed by atoms with E-state index >= 15 is 0 Å². The number of nitrogens with zero attached hydrogens (tertiary/aromatic N) is 4. The Kier molecular flexibility index (Phi) is 5.12. The quantitative estimate of drug-likeness (QED) is 0.722. The van der Waals surface area contributed by atoms with Crippen molar-refractivity contribution in [2.24, 2.45) is 0 Å². The lowest BCUT2D eigenvalue weighted by molar-refractivity contribution is 0.0924. The standard InChI is InChI=1S/C23H27N5O2/c1-2-27-12-9-16(10-13-27)22-25-21-8-7-17(15-28(21)26-22)23(29)24-19-11-14-30-20-6-4-3-5-18(19)20/h3-8,15-16,19H,2,9-14H2,1H3,(H,24,29). The molecule has 1 aromatic carbocycles. The zero-order valence-corrected chi connectivity index (χ0v) is 17.3. The lowest BCUT2D eigenvalue weighted by Crippen LogP contribution is -2.32. The molecule has 1 N–H and O–H groups in total. The maximum absolute atomic E-state index is 12.9. The van der Waals surface area contributed by atoms with Crippen LogP contribution in [0.4, 0.5) is 0 Å². The number of ether oxygens (including phenoxy) is 1. The summed E-state index contributed by atoms with van der Waals surface area (Å²) < 4.78 is 7.44. The number of para-hydroxylation sites is 1. The molecule has 5 rings (SSSR count). The highest BCUT2D eigenvalue weighted by molar-refractivity contribution is 5.94. The molecule has 0 bridgehead atoms. The lowest BCUT2D eigenvalue weighted by atomic mass is 9.96. The van der Waals surface area contributed by atoms with Gasteiger partial charge in [-0.2, -0.15) is 5.10 Å². The second-order valence-electron chi connectivity index (χ2n) is 8.10. The van der Waals surface area contributed by atoms with Crippen LogP contribution >= 0.6 is 0 Å². The van der Waals surface area contributed by atoms with E-state index in [0.717, 1.165) is 61.7 Å². The van der Waals surface area contributed by atoms with Gasteiger partial charge >= 0.3 is 0 Å². The van der Waals surface area contributed by atoms with Gasteiger partial charge in [-0.1, -0.05) is 25.1 Å². The summed E-state index contributed by atoms with van der Waals surface area (Å²) in [5.74, 6) is 2.02. The second kappa shape index (κ2) is 8.07. The predicted molar refractivity (Wildman–Crippen MR) is 114 cm³/mol. The number of likely N-dealkylation sites (tertiary alicyclic amines) is 1. The third kappa shape index (κ3) is 3.65. The lowest BCUT2D eigenvalue weighted by Gasteiger charge is -2.29. The SMILES string of the molecule is CCN1CCC(c2nc3ccc(C(=O)NC4CCOc5ccccc54)cn3n2)CC1. The molecule has 4 heterocycles. The van der Waals surface area contributed by atoms with Gasteiger partial charge < -0.3 is 15.0 Å². The number of carbonyl (C=O) groups excluding carboxylic acids is 1. The fourth-order valence-corrected chi connectivity index (χ4v) is 4.45. The molecule has 1 unspecified atom stereocenters. The molecule has 1 saturated heterocycles. The molecular formula is C23H27N5O2. The van der Waals surface area contributed by atoms with Gasteiger partial charge in [-0.25, -0.2) is 9.50 Å². The van der Waals surface area contributed by atoms with Crippen LogP contribution in [0.2, 0.25) is 0 Å². The van der Waals surface area contributed by atoms with Gasteiger partial charge in [0.25, 0.3) is 5.91 Å². The van der Waals surface area contributed by atoms with Crippen molar-refractivity contribution in [1.82, 2.24) is 24.8 Å². The van der Waals surface area contributed by atoms with Crippen molar-refractivity contribution in [2.75, 3.05) is 26.2 Å². The van der Waals surface area contributed by atoms with Crippen LogP contribution in [0, 0.1) is 0 Å². The number of piperidine rings is 1. The second-order valence-corrected chi connectivity index (χ2v) is 8.10. The Morgan fingerprint density at radius 3 is 2.83 bits per heavy atom. The first-order valence-electron chi connectivity index (χ1n) is 10.8. The summed E-state index contributed by atoms with van der Waals surface area (Å²) in [6.45, 7) is 6.09. The van der Waals surface area contributed by atoms with Crippen LogP contribution in [0.1, 0.15) is 59.9 Å². The molecule has 1 amide bonds. The molecule has 7 heteroatoms. The van der Waals surface area contributed by atoms with Gasteiger partial charge in [-0.15, -0.1) is 0 Å². The Morgan fingerprint density at radius 2 is 2.00 bits per heavy atom. The molecule has 2 aromatic heterocycles. The normalized spacial score (nSPS) is 20.0. The maximum atomic E-state index is 12.9. The van der Waals surface area contributed by atoms with Gasteiger partial charge in [0.05, 0.1) is 18.2 Å². The van der Waals surface area contributed by atoms with E-state index in [1.165, 1.54) is 0 Å². The summed E-state index contributed by atoms with van der Waals surface area (Å²) >= 11 is 0. The topological polar surface area (TPSA) is 71.8 Å². The average Bonchev–Trinajstić information content (AvgIpc) is 3.23. The van der Waals surface area contributed by atoms with E-state index in [1.54, 1.807) is 10.7 Å². The third-order valence-electron chi connectivity index (χ3n) is 6.27. The van der Waals surface area contributed by atoms with Crippen LogP contribution in [0.3, 0.4) is 0 Å². The summed E-state index contributed by atoms with van der Waals surface area (Å²) in [6, 6.07) is 11.5. The van der Waals surface area contributed by atoms with Crippen molar-refractivity contribution >= 4 is 11.6 Å². The van der Waals surface area contributed by atoms with Crippen LogP contribution in [0.25, 0.3) is 5.65 Å². The molecule has 156 valence electrons. The number of hydrogen-bond donors (Lipinski definition) is 1. The summed E-state index contributed by atoms with van der Waals surface area (Å²) in [7, 11) is 0. The van der Waals surface area contributed by atoms with Gasteiger partial charge in [-0.3, -0.25) is 4.79 Å². The Hall–Kier alpha value is -2.93. The van der Waals surface area contributed by atoms with Crippen LogP contribution in [-0.4, -0.2) is 51.6 Å². The van der Waals surface area contributed by atoms with E-state index in [9.17, 15) is 4.79 Å². The van der Waals surface area contributed by atoms with Gasteiger partial charge in [0.15, 0.2) is 11.5 Å². The fourth-order valence-electron chi connectivity index (χ4n) is 4.45. The van der Waals surface area contributed by atoms with Crippen LogP contribution in [-0.2, 0) is 0 Å². The molecule has 7 nitrogen and oxygen atoms in total. The Morgan fingerprint density at radius 1 is 1.17 bits per heavy atom. The first kappa shape index (κ1) is 19.1. The number of nitrogens with one attached hydrogen (secondary N) is 1. The minimum atomic E-state index is -0.105. The van der Waals surface area contributed by atoms with E-state index in [-0.39, 0.29) is 11.9 Å². The number of carbonyl (C=O) groups is 1. The summed E-state index contributed by atoms with van der Waals surface area (Å²) in [6.07, 6.45) is 4.71. The molecule has 2 aliphatic rings. The minimum absolute atomic E-state index is 0.0480. The predicted octanol–water partition coefficient (Wildman–Crippen LogP) is 3.18. The summed E-state index contributed by atoms with van der Waals surface area (Å²) in [4.78, 5) is 20.1. The molecular weight excluding hydrogens is 378 g/mol. The smallest absolute Gasteiger partial charge is 0.253 e. The van der Waals surface area contributed by atoms with E-state index < -0.39 is 0 Å². The van der Waals surface area contributed by atoms with Crippen LogP contribution < -0.4 is 10.1 Å². The van der Waals surface area contributed by atoms with Crippen LogP contribution in [0.15, 0.2) is 42.6 Å². The Bertz CT molecular complexity index is 1050. The van der Waals surface area contributed by atoms with E-state index in [1.807, 2.05) is 36.4 Å². The molecule has 0 spiro atoms. The highest BCUT2D eigenvalue weighted by Crippen LogP contribution is 2.31. The van der Waals surface area contributed by atoms with Gasteiger partial charge in [-0.05, 0) is 50.7 Å². The van der Waals surface area contributed by atoms with Crippen LogP contribution in [0.5, 0.6) is 5.75 Å². The molecule has 3 aromatic rings. The van der Waals surface area contributed by atoms with Crippen molar-refractivity contribution in [3.8, 4) is 5.75 Å². The van der Waals surface area contributed by atoms with Crippen molar-refractivity contribution in [3.63, 3.8) is 0 Å². The number of rotatable bonds is 4. The molecule has 0 aliphatic carbocycles. The van der Waals surface area contributed by atoms with E-state index in [0.29, 0.717) is 18.1 Å². The monoisotopic (exact) mass is 405 g/mol. The minimum Gasteiger partial charge on any atom is -0.493 e. The third-order valence-corrected chi connectivity index (χ3v) is 6.27. The Labute approximate surface area is 176 Å². The largest absolute Gasteiger partial charge is 0.493 e. The van der Waals surface area contributed by atoms with E-state index in [4.69, 9.17) is 14.8 Å². The number of aromatic nitrogens is 3. The molecule has 2 aliphatic heterocycles. The van der Waals surface area contributed by atoms with Crippen molar-refractivity contribution in [2.45, 2.75) is 38.1 Å². The highest BCUT2D eigenvalue weighted by atomic mass is 16.5. The van der Waals surface area contributed by atoms with Crippen molar-refractivity contribution in [1.29, 1.82) is 0 Å². The van der Waals surface area contributed by atoms with Gasteiger partial charge in [0.1, 0.15) is 5.75 Å². The highest BCUT2D eigenvalue weighted by Gasteiger charge is 2.25. The zero-order chi connectivity index (χ0) is 20.5. The fraction of sp³-hybridized carbons (Fsp3) is 0.435. The molecule has 0 radical (unpaired) electrons. The number of fused-ring (bicyclic) bond motifs is 2. The Balaban J connectivity index is 1.32. The molecule has 30 heavy (non-hydrogen) atoms. The van der Waals surface area contributed by atoms with Gasteiger partial charge in [0.2, 0.25) is 0 Å². The molecule has 1 atom stereocenters. The average molecular weight is 406 g/mol. The van der Waals surface area contributed by atoms with E-state index in [2.05, 4.69) is 17.1 Å².